The van der Waals surface area contributed by atoms with Crippen LogP contribution in [-0.2, 0) is 0 Å². The molecule has 0 bridgehead atoms. The molecule has 10 aromatic rings. The van der Waals surface area contributed by atoms with Gasteiger partial charge in [0, 0.05) is 38.3 Å². The van der Waals surface area contributed by atoms with Gasteiger partial charge in [-0.05, 0) is 69.4 Å². The van der Waals surface area contributed by atoms with Gasteiger partial charge in [-0.2, -0.15) is 0 Å². The highest BCUT2D eigenvalue weighted by Gasteiger charge is 2.20. The average Bonchev–Trinajstić information content (AvgIpc) is 3.62. The zero-order chi connectivity index (χ0) is 28.8. The molecule has 0 spiro atoms. The highest BCUT2D eigenvalue weighted by molar-refractivity contribution is 6.36. The molecular formula is C42H26N2. The Bertz CT molecular complexity index is 2700. The normalized spacial score (nSPS) is 12.1. The zero-order valence-corrected chi connectivity index (χ0v) is 23.9. The van der Waals surface area contributed by atoms with Crippen molar-refractivity contribution in [1.82, 2.24) is 9.13 Å². The predicted octanol–water partition coefficient (Wildman–Crippen LogP) is 11.3. The molecule has 2 aromatic heterocycles. The van der Waals surface area contributed by atoms with E-state index in [1.165, 1.54) is 75.9 Å². The SMILES string of the molecule is c1ccc2c(c1)ccc1c2c2ccccc2c2c3ccccc3n(-c3ccc(-n4c5ccccc5c5ccccc54)cc3)c12. The third-order valence-electron chi connectivity index (χ3n) is 9.47. The summed E-state index contributed by atoms with van der Waals surface area (Å²) in [7, 11) is 0. The van der Waals surface area contributed by atoms with E-state index in [9.17, 15) is 0 Å². The summed E-state index contributed by atoms with van der Waals surface area (Å²) in [4.78, 5) is 0. The predicted molar refractivity (Wildman–Crippen MR) is 188 cm³/mol. The summed E-state index contributed by atoms with van der Waals surface area (Å²) in [5.74, 6) is 0. The van der Waals surface area contributed by atoms with Gasteiger partial charge < -0.3 is 9.13 Å². The molecule has 0 fully saturated rings. The minimum absolute atomic E-state index is 1.16. The van der Waals surface area contributed by atoms with Crippen molar-refractivity contribution in [2.24, 2.45) is 0 Å². The van der Waals surface area contributed by atoms with Crippen LogP contribution in [0.5, 0.6) is 0 Å². The summed E-state index contributed by atoms with van der Waals surface area (Å²) in [6.45, 7) is 0. The van der Waals surface area contributed by atoms with Crippen molar-refractivity contribution in [3.8, 4) is 11.4 Å². The minimum atomic E-state index is 1.16. The van der Waals surface area contributed by atoms with Gasteiger partial charge in [0.15, 0.2) is 0 Å². The van der Waals surface area contributed by atoms with Crippen LogP contribution in [0.2, 0.25) is 0 Å². The second kappa shape index (κ2) is 8.82. The first-order valence-electron chi connectivity index (χ1n) is 15.2. The van der Waals surface area contributed by atoms with Crippen molar-refractivity contribution in [1.29, 1.82) is 0 Å². The van der Waals surface area contributed by atoms with Gasteiger partial charge in [0.25, 0.3) is 0 Å². The van der Waals surface area contributed by atoms with Gasteiger partial charge in [-0.15, -0.1) is 0 Å². The van der Waals surface area contributed by atoms with Crippen LogP contribution >= 0.6 is 0 Å². The summed E-state index contributed by atoms with van der Waals surface area (Å²) in [5, 5.41) is 12.9. The Morgan fingerprint density at radius 2 is 0.727 bits per heavy atom. The maximum Gasteiger partial charge on any atom is 0.0626 e. The molecule has 0 aliphatic carbocycles. The van der Waals surface area contributed by atoms with E-state index in [0.29, 0.717) is 0 Å². The molecule has 2 heteroatoms. The third kappa shape index (κ3) is 3.09. The highest BCUT2D eigenvalue weighted by atomic mass is 15.0. The van der Waals surface area contributed by atoms with Crippen LogP contribution in [0.1, 0.15) is 0 Å². The van der Waals surface area contributed by atoms with Crippen LogP contribution in [0.3, 0.4) is 0 Å². The van der Waals surface area contributed by atoms with Crippen molar-refractivity contribution >= 4 is 75.9 Å². The molecule has 8 aromatic carbocycles. The molecule has 2 heterocycles. The monoisotopic (exact) mass is 558 g/mol. The maximum atomic E-state index is 2.48. The fourth-order valence-corrected chi connectivity index (χ4v) is 7.67. The van der Waals surface area contributed by atoms with E-state index in [2.05, 4.69) is 167 Å². The molecule has 0 saturated carbocycles. The van der Waals surface area contributed by atoms with Crippen molar-refractivity contribution in [3.05, 3.63) is 158 Å². The van der Waals surface area contributed by atoms with Gasteiger partial charge in [-0.3, -0.25) is 0 Å². The summed E-state index contributed by atoms with van der Waals surface area (Å²) in [6.07, 6.45) is 0. The molecule has 0 aliphatic heterocycles. The van der Waals surface area contributed by atoms with E-state index < -0.39 is 0 Å². The second-order valence-corrected chi connectivity index (χ2v) is 11.7. The lowest BCUT2D eigenvalue weighted by molar-refractivity contribution is 1.15. The molecule has 10 rings (SSSR count). The van der Waals surface area contributed by atoms with Gasteiger partial charge in [0.05, 0.1) is 22.1 Å². The van der Waals surface area contributed by atoms with Gasteiger partial charge >= 0.3 is 0 Å². The number of rotatable bonds is 2. The summed E-state index contributed by atoms with van der Waals surface area (Å²) >= 11 is 0. The number of hydrogen-bond acceptors (Lipinski definition) is 0. The first-order valence-corrected chi connectivity index (χ1v) is 15.2. The Kier molecular flexibility index (Phi) is 4.75. The topological polar surface area (TPSA) is 9.86 Å². The molecular weight excluding hydrogens is 532 g/mol. The molecule has 0 amide bonds. The van der Waals surface area contributed by atoms with Crippen molar-refractivity contribution < 1.29 is 0 Å². The number of nitrogens with zero attached hydrogens (tertiary/aromatic N) is 2. The number of para-hydroxylation sites is 3. The number of fused-ring (bicyclic) bond motifs is 13. The molecule has 204 valence electrons. The molecule has 0 unspecified atom stereocenters. The van der Waals surface area contributed by atoms with E-state index >= 15 is 0 Å². The third-order valence-corrected chi connectivity index (χ3v) is 9.47. The van der Waals surface area contributed by atoms with E-state index in [-0.39, 0.29) is 0 Å². The molecule has 0 aliphatic rings. The number of aromatic nitrogens is 2. The zero-order valence-electron chi connectivity index (χ0n) is 23.9. The van der Waals surface area contributed by atoms with Crippen molar-refractivity contribution in [3.63, 3.8) is 0 Å². The Morgan fingerprint density at radius 3 is 1.36 bits per heavy atom. The van der Waals surface area contributed by atoms with Crippen LogP contribution < -0.4 is 0 Å². The fourth-order valence-electron chi connectivity index (χ4n) is 7.67. The van der Waals surface area contributed by atoms with E-state index in [4.69, 9.17) is 0 Å². The van der Waals surface area contributed by atoms with Gasteiger partial charge in [-0.1, -0.05) is 115 Å². The Balaban J connectivity index is 1.31. The van der Waals surface area contributed by atoms with E-state index in [1.54, 1.807) is 0 Å². The maximum absolute atomic E-state index is 2.48. The standard InChI is InChI=1S/C42H26N2/c1-2-12-30-27(11-1)21-26-36-40(30)33-15-3-4-16-34(33)41-35-17-7-10-20-39(35)44(42(36)41)29-24-22-28(23-25-29)43-37-18-8-5-13-31(37)32-14-6-9-19-38(32)43/h1-26H. The number of hydrogen-bond donors (Lipinski definition) is 0. The van der Waals surface area contributed by atoms with Gasteiger partial charge in [0.2, 0.25) is 0 Å². The summed E-state index contributed by atoms with van der Waals surface area (Å²) in [5.41, 5.74) is 7.25. The van der Waals surface area contributed by atoms with Gasteiger partial charge in [-0.25, -0.2) is 0 Å². The first kappa shape index (κ1) is 23.7. The molecule has 0 atom stereocenters. The minimum Gasteiger partial charge on any atom is -0.309 e. The smallest absolute Gasteiger partial charge is 0.0626 e. The largest absolute Gasteiger partial charge is 0.309 e. The lowest BCUT2D eigenvalue weighted by atomic mass is 9.93. The molecule has 0 saturated heterocycles. The van der Waals surface area contributed by atoms with Crippen LogP contribution in [0.4, 0.5) is 0 Å². The Labute approximate surface area is 253 Å². The Hall–Kier alpha value is -5.86. The average molecular weight is 559 g/mol. The van der Waals surface area contributed by atoms with Crippen molar-refractivity contribution in [2.45, 2.75) is 0 Å². The van der Waals surface area contributed by atoms with E-state index in [0.717, 1.165) is 11.4 Å². The molecule has 44 heavy (non-hydrogen) atoms. The van der Waals surface area contributed by atoms with Crippen LogP contribution in [0.15, 0.2) is 158 Å². The quantitative estimate of drug-likeness (QED) is 0.187. The first-order chi connectivity index (χ1) is 21.9. The Morgan fingerprint density at radius 1 is 0.273 bits per heavy atom. The van der Waals surface area contributed by atoms with Crippen LogP contribution in [-0.4, -0.2) is 9.13 Å². The van der Waals surface area contributed by atoms with Crippen molar-refractivity contribution in [2.75, 3.05) is 0 Å². The summed E-state index contributed by atoms with van der Waals surface area (Å²) < 4.78 is 4.86. The van der Waals surface area contributed by atoms with Crippen LogP contribution in [0, 0.1) is 0 Å². The second-order valence-electron chi connectivity index (χ2n) is 11.7. The lowest BCUT2D eigenvalue weighted by Gasteiger charge is -2.15. The fraction of sp³-hybridized carbons (Fsp3) is 0. The van der Waals surface area contributed by atoms with Crippen LogP contribution in [0.25, 0.3) is 87.3 Å². The lowest BCUT2D eigenvalue weighted by Crippen LogP contribution is -1.98. The molecule has 2 nitrogen and oxygen atoms in total. The summed E-state index contributed by atoms with van der Waals surface area (Å²) in [6, 6.07) is 57.7. The molecule has 0 radical (unpaired) electrons. The number of benzene rings is 8. The highest BCUT2D eigenvalue weighted by Crippen LogP contribution is 2.44. The van der Waals surface area contributed by atoms with E-state index in [1.807, 2.05) is 0 Å². The molecule has 0 N–H and O–H groups in total. The van der Waals surface area contributed by atoms with Gasteiger partial charge in [0.1, 0.15) is 0 Å².